The Balaban J connectivity index is 0.000000463. The van der Waals surface area contributed by atoms with Gasteiger partial charge in [0.25, 0.3) is 0 Å². The van der Waals surface area contributed by atoms with Crippen molar-refractivity contribution in [2.24, 2.45) is 0 Å². The van der Waals surface area contributed by atoms with Crippen LogP contribution in [0.15, 0.2) is 48.5 Å². The Labute approximate surface area is 136 Å². The zero-order valence-corrected chi connectivity index (χ0v) is 14.8. The fraction of sp³-hybridized carbons (Fsp3) is 0.294. The van der Waals surface area contributed by atoms with Crippen LogP contribution in [0.2, 0.25) is 0 Å². The summed E-state index contributed by atoms with van der Waals surface area (Å²) < 4.78 is 39.0. The summed E-state index contributed by atoms with van der Waals surface area (Å²) in [5, 5.41) is 3.04. The summed E-state index contributed by atoms with van der Waals surface area (Å²) in [5.74, 6) is 0. The molecule has 0 aromatic heterocycles. The van der Waals surface area contributed by atoms with Gasteiger partial charge in [-0.25, -0.2) is 0 Å². The Bertz CT molecular complexity index is 540. The minimum absolute atomic E-state index is 0.650. The Hall–Kier alpha value is -1.35. The first-order valence-electron chi connectivity index (χ1n) is 7.46. The van der Waals surface area contributed by atoms with Crippen LogP contribution in [-0.2, 0) is 0 Å². The van der Waals surface area contributed by atoms with E-state index in [1.54, 1.807) is 0 Å². The molecule has 2 aromatic carbocycles. The summed E-state index contributed by atoms with van der Waals surface area (Å²) >= 11 is 0. The Morgan fingerprint density at radius 2 is 0.957 bits per heavy atom. The molecule has 6 heteroatoms. The molecule has 0 atom stereocenters. The van der Waals surface area contributed by atoms with E-state index in [0.717, 1.165) is 0 Å². The molecule has 0 aliphatic rings. The van der Waals surface area contributed by atoms with Crippen LogP contribution in [0, 0.1) is 13.8 Å². The highest BCUT2D eigenvalue weighted by Crippen LogP contribution is 2.38. The highest BCUT2D eigenvalue weighted by molar-refractivity contribution is 7.73. The van der Waals surface area contributed by atoms with Gasteiger partial charge in [-0.2, -0.15) is 0 Å². The first-order valence-corrected chi connectivity index (χ1v) is 9.04. The molecule has 0 bridgehead atoms. The lowest BCUT2D eigenvalue weighted by atomic mass is 10.2. The van der Waals surface area contributed by atoms with E-state index in [9.17, 15) is 17.3 Å². The maximum absolute atomic E-state index is 9.75. The van der Waals surface area contributed by atoms with Gasteiger partial charge in [0.15, 0.2) is 0 Å². The van der Waals surface area contributed by atoms with E-state index in [1.807, 2.05) is 0 Å². The van der Waals surface area contributed by atoms with Crippen LogP contribution in [0.25, 0.3) is 0 Å². The second kappa shape index (κ2) is 8.49. The number of aryl methyl sites for hydroxylation is 2. The summed E-state index contributed by atoms with van der Waals surface area (Å²) in [7, 11) is -6.65. The first-order chi connectivity index (χ1) is 10.6. The minimum Gasteiger partial charge on any atom is -0.418 e. The van der Waals surface area contributed by atoms with Gasteiger partial charge in [-0.05, 0) is 52.0 Å². The number of halogens is 4. The average molecular weight is 344 g/mol. The van der Waals surface area contributed by atoms with E-state index in [2.05, 4.69) is 76.2 Å². The molecule has 0 unspecified atom stereocenters. The maximum Gasteiger partial charge on any atom is 0.673 e. The molecule has 0 N–H and O–H groups in total. The topological polar surface area (TPSA) is 0 Å². The molecular weight excluding hydrogens is 322 g/mol. The standard InChI is InChI=1S/C17H21P.BF4/c1-13(2)18(16-9-5-14(3)6-10-16)17-11-7-15(4)8-12-17;2-1(3,4)5/h5-13H,1-4H3;/q;-1/p+1. The van der Waals surface area contributed by atoms with Gasteiger partial charge in [-0.1, -0.05) is 35.4 Å². The van der Waals surface area contributed by atoms with Crippen LogP contribution >= 0.6 is 7.92 Å². The van der Waals surface area contributed by atoms with Crippen LogP contribution in [0.1, 0.15) is 25.0 Å². The smallest absolute Gasteiger partial charge is 0.418 e. The third-order valence-electron chi connectivity index (χ3n) is 3.30. The van der Waals surface area contributed by atoms with Crippen LogP contribution < -0.4 is 10.6 Å². The lowest BCUT2D eigenvalue weighted by molar-refractivity contribution is 0.368. The van der Waals surface area contributed by atoms with Crippen LogP contribution in [-0.4, -0.2) is 12.9 Å². The molecule has 0 nitrogen and oxygen atoms in total. The predicted molar refractivity (Wildman–Crippen MR) is 95.3 cm³/mol. The van der Waals surface area contributed by atoms with Crippen LogP contribution in [0.3, 0.4) is 0 Å². The number of hydrogen-bond donors (Lipinski definition) is 0. The van der Waals surface area contributed by atoms with Gasteiger partial charge < -0.3 is 17.3 Å². The zero-order valence-electron chi connectivity index (χ0n) is 13.8. The summed E-state index contributed by atoms with van der Waals surface area (Å²) in [4.78, 5) is 0. The zero-order chi connectivity index (χ0) is 17.6. The minimum atomic E-state index is -6.00. The van der Waals surface area contributed by atoms with Gasteiger partial charge in [0.05, 0.1) is 24.2 Å². The molecule has 23 heavy (non-hydrogen) atoms. The molecule has 2 aromatic rings. The SMILES string of the molecule is Cc1ccc([PH+](c2ccc(C)cc2)C(C)C)cc1.F[B-](F)(F)F. The summed E-state index contributed by atoms with van der Waals surface area (Å²) in [6, 6.07) is 18.2. The third-order valence-corrected chi connectivity index (χ3v) is 6.37. The molecular formula is C17H22BF4P. The van der Waals surface area contributed by atoms with Crippen molar-refractivity contribution in [1.82, 2.24) is 0 Å². The van der Waals surface area contributed by atoms with Gasteiger partial charge in [-0.3, -0.25) is 0 Å². The summed E-state index contributed by atoms with van der Waals surface area (Å²) in [6.07, 6.45) is 0. The summed E-state index contributed by atoms with van der Waals surface area (Å²) in [6.45, 7) is 8.98. The molecule has 0 fully saturated rings. The molecule has 0 aliphatic heterocycles. The number of hydrogen-bond acceptors (Lipinski definition) is 0. The van der Waals surface area contributed by atoms with Crippen LogP contribution in [0.5, 0.6) is 0 Å². The fourth-order valence-electron chi connectivity index (χ4n) is 2.30. The fourth-order valence-corrected chi connectivity index (χ4v) is 5.02. The second-order valence-electron chi connectivity index (χ2n) is 5.80. The van der Waals surface area contributed by atoms with E-state index in [1.165, 1.54) is 21.7 Å². The van der Waals surface area contributed by atoms with E-state index in [-0.39, 0.29) is 0 Å². The monoisotopic (exact) mass is 344 g/mol. The normalized spacial score (nSPS) is 11.4. The van der Waals surface area contributed by atoms with E-state index in [4.69, 9.17) is 0 Å². The van der Waals surface area contributed by atoms with Gasteiger partial charge >= 0.3 is 7.25 Å². The van der Waals surface area contributed by atoms with Crippen molar-refractivity contribution in [3.63, 3.8) is 0 Å². The van der Waals surface area contributed by atoms with Crippen molar-refractivity contribution in [3.8, 4) is 0 Å². The Morgan fingerprint density at radius 1 is 0.696 bits per heavy atom. The van der Waals surface area contributed by atoms with Crippen molar-refractivity contribution < 1.29 is 17.3 Å². The summed E-state index contributed by atoms with van der Waals surface area (Å²) in [5.41, 5.74) is 3.39. The lowest BCUT2D eigenvalue weighted by Gasteiger charge is -2.14. The lowest BCUT2D eigenvalue weighted by Crippen LogP contribution is -2.17. The highest BCUT2D eigenvalue weighted by atomic mass is 31.1. The Morgan fingerprint density at radius 3 is 1.17 bits per heavy atom. The molecule has 0 amide bonds. The van der Waals surface area contributed by atoms with E-state index < -0.39 is 15.2 Å². The van der Waals surface area contributed by atoms with Gasteiger partial charge in [0.2, 0.25) is 0 Å². The predicted octanol–water partition coefficient (Wildman–Crippen LogP) is 5.18. The third kappa shape index (κ3) is 7.65. The van der Waals surface area contributed by atoms with Crippen molar-refractivity contribution in [2.75, 3.05) is 0 Å². The molecule has 0 spiro atoms. The maximum atomic E-state index is 9.75. The number of rotatable bonds is 3. The molecule has 0 aliphatic carbocycles. The van der Waals surface area contributed by atoms with E-state index >= 15 is 0 Å². The van der Waals surface area contributed by atoms with Crippen molar-refractivity contribution in [2.45, 2.75) is 33.4 Å². The molecule has 0 saturated carbocycles. The van der Waals surface area contributed by atoms with Gasteiger partial charge in [0, 0.05) is 0 Å². The second-order valence-corrected chi connectivity index (χ2v) is 8.93. The van der Waals surface area contributed by atoms with E-state index in [0.29, 0.717) is 5.66 Å². The molecule has 0 radical (unpaired) electrons. The van der Waals surface area contributed by atoms with Crippen molar-refractivity contribution >= 4 is 25.8 Å². The van der Waals surface area contributed by atoms with Crippen molar-refractivity contribution in [3.05, 3.63) is 59.7 Å². The largest absolute Gasteiger partial charge is 0.673 e. The highest BCUT2D eigenvalue weighted by Gasteiger charge is 2.25. The number of benzene rings is 2. The molecule has 0 saturated heterocycles. The average Bonchev–Trinajstić information content (AvgIpc) is 2.41. The quantitative estimate of drug-likeness (QED) is 0.409. The Kier molecular flexibility index (Phi) is 7.27. The molecule has 2 rings (SSSR count). The first kappa shape index (κ1) is 19.7. The molecule has 126 valence electrons. The molecule has 0 heterocycles. The van der Waals surface area contributed by atoms with Gasteiger partial charge in [-0.15, -0.1) is 0 Å². The van der Waals surface area contributed by atoms with Crippen molar-refractivity contribution in [1.29, 1.82) is 0 Å². The van der Waals surface area contributed by atoms with Crippen LogP contribution in [0.4, 0.5) is 17.3 Å². The van der Waals surface area contributed by atoms with Gasteiger partial charge in [0.1, 0.15) is 0 Å².